The highest BCUT2D eigenvalue weighted by Crippen LogP contribution is 2.17. The highest BCUT2D eigenvalue weighted by atomic mass is 35.5. The van der Waals surface area contributed by atoms with Gasteiger partial charge in [0.15, 0.2) is 6.04 Å². The Labute approximate surface area is 123 Å². The molecule has 0 aromatic heterocycles. The maximum Gasteiger partial charge on any atom is 0.332 e. The third-order valence-corrected chi connectivity index (χ3v) is 3.19. The number of halogens is 1. The number of nitrogens with zero attached hydrogens (tertiary/aromatic N) is 1. The summed E-state index contributed by atoms with van der Waals surface area (Å²) >= 11 is 6.06. The molecule has 0 fully saturated rings. The molecule has 0 saturated heterocycles. The van der Waals surface area contributed by atoms with Crippen molar-refractivity contribution < 1.29 is 14.3 Å². The van der Waals surface area contributed by atoms with Crippen LogP contribution in [-0.2, 0) is 20.9 Å². The zero-order valence-electron chi connectivity index (χ0n) is 11.6. The molecular formula is C14H19ClN2O3. The minimum atomic E-state index is -1.29. The predicted molar refractivity (Wildman–Crippen MR) is 77.2 cm³/mol. The van der Waals surface area contributed by atoms with Crippen LogP contribution in [0, 0.1) is 0 Å². The van der Waals surface area contributed by atoms with Crippen LogP contribution < -0.4 is 5.73 Å². The second kappa shape index (κ2) is 7.87. The number of ether oxygens (including phenoxy) is 1. The van der Waals surface area contributed by atoms with Gasteiger partial charge in [0.05, 0.1) is 6.61 Å². The van der Waals surface area contributed by atoms with Gasteiger partial charge in [-0.2, -0.15) is 0 Å². The van der Waals surface area contributed by atoms with Gasteiger partial charge >= 0.3 is 5.97 Å². The fraction of sp³-hybridized carbons (Fsp3) is 0.429. The zero-order valence-corrected chi connectivity index (χ0v) is 12.4. The van der Waals surface area contributed by atoms with Crippen LogP contribution in [-0.4, -0.2) is 36.0 Å². The van der Waals surface area contributed by atoms with E-state index in [-0.39, 0.29) is 6.61 Å². The fourth-order valence-corrected chi connectivity index (χ4v) is 1.90. The van der Waals surface area contributed by atoms with E-state index in [4.69, 9.17) is 22.1 Å². The molecule has 0 heterocycles. The third kappa shape index (κ3) is 4.21. The third-order valence-electron chi connectivity index (χ3n) is 2.82. The number of benzene rings is 1. The molecule has 0 spiro atoms. The Morgan fingerprint density at radius 1 is 1.35 bits per heavy atom. The number of hydrogen-bond acceptors (Lipinski definition) is 4. The largest absolute Gasteiger partial charge is 0.464 e. The summed E-state index contributed by atoms with van der Waals surface area (Å²) in [6, 6.07) is 5.94. The first-order valence-corrected chi connectivity index (χ1v) is 6.83. The fourth-order valence-electron chi connectivity index (χ4n) is 1.71. The molecule has 0 saturated carbocycles. The van der Waals surface area contributed by atoms with Crippen molar-refractivity contribution >= 4 is 23.5 Å². The van der Waals surface area contributed by atoms with E-state index in [1.807, 2.05) is 25.1 Å². The Morgan fingerprint density at radius 2 is 2.00 bits per heavy atom. The number of esters is 1. The highest BCUT2D eigenvalue weighted by Gasteiger charge is 2.27. The maximum absolute atomic E-state index is 12.2. The molecular weight excluding hydrogens is 280 g/mol. The highest BCUT2D eigenvalue weighted by molar-refractivity contribution is 6.31. The molecule has 20 heavy (non-hydrogen) atoms. The number of nitrogens with two attached hydrogens (primary N) is 1. The zero-order chi connectivity index (χ0) is 15.1. The van der Waals surface area contributed by atoms with Crippen molar-refractivity contribution in [3.63, 3.8) is 0 Å². The smallest absolute Gasteiger partial charge is 0.332 e. The van der Waals surface area contributed by atoms with Gasteiger partial charge in [-0.15, -0.1) is 0 Å². The number of amides is 1. The molecule has 110 valence electrons. The van der Waals surface area contributed by atoms with E-state index in [1.54, 1.807) is 13.0 Å². The van der Waals surface area contributed by atoms with E-state index in [2.05, 4.69) is 0 Å². The SMILES string of the molecule is CCOC(=O)C(N)C(=O)N(CC)Cc1ccccc1Cl. The molecule has 1 amide bonds. The first-order valence-electron chi connectivity index (χ1n) is 6.45. The number of rotatable bonds is 6. The lowest BCUT2D eigenvalue weighted by Gasteiger charge is -2.24. The number of likely N-dealkylation sites (N-methyl/N-ethyl adjacent to an activating group) is 1. The maximum atomic E-state index is 12.2. The molecule has 0 aliphatic rings. The molecule has 1 aromatic rings. The second-order valence-corrected chi connectivity index (χ2v) is 4.58. The molecule has 2 N–H and O–H groups in total. The Kier molecular flexibility index (Phi) is 6.48. The van der Waals surface area contributed by atoms with Crippen molar-refractivity contribution in [3.05, 3.63) is 34.9 Å². The van der Waals surface area contributed by atoms with Gasteiger partial charge in [-0.05, 0) is 25.5 Å². The summed E-state index contributed by atoms with van der Waals surface area (Å²) in [6.45, 7) is 4.40. The van der Waals surface area contributed by atoms with E-state index in [1.165, 1.54) is 4.90 Å². The molecule has 0 aliphatic carbocycles. The van der Waals surface area contributed by atoms with Gasteiger partial charge in [-0.1, -0.05) is 29.8 Å². The van der Waals surface area contributed by atoms with Crippen LogP contribution in [0.15, 0.2) is 24.3 Å². The van der Waals surface area contributed by atoms with Crippen molar-refractivity contribution in [1.82, 2.24) is 4.90 Å². The average molecular weight is 299 g/mol. The van der Waals surface area contributed by atoms with Crippen LogP contribution in [0.2, 0.25) is 5.02 Å². The van der Waals surface area contributed by atoms with Gasteiger partial charge in [-0.25, -0.2) is 4.79 Å². The van der Waals surface area contributed by atoms with E-state index in [0.717, 1.165) is 5.56 Å². The van der Waals surface area contributed by atoms with Gasteiger partial charge in [0, 0.05) is 18.1 Å². The van der Waals surface area contributed by atoms with Crippen molar-refractivity contribution in [2.45, 2.75) is 26.4 Å². The Bertz CT molecular complexity index is 479. The van der Waals surface area contributed by atoms with Crippen molar-refractivity contribution in [3.8, 4) is 0 Å². The summed E-state index contributed by atoms with van der Waals surface area (Å²) in [6.07, 6.45) is 0. The predicted octanol–water partition coefficient (Wildman–Crippen LogP) is 1.58. The molecule has 0 bridgehead atoms. The molecule has 0 radical (unpaired) electrons. The molecule has 1 unspecified atom stereocenters. The minimum Gasteiger partial charge on any atom is -0.464 e. The van der Waals surface area contributed by atoms with Gasteiger partial charge in [0.2, 0.25) is 0 Å². The van der Waals surface area contributed by atoms with Crippen LogP contribution in [0.1, 0.15) is 19.4 Å². The van der Waals surface area contributed by atoms with Crippen LogP contribution in [0.4, 0.5) is 0 Å². The molecule has 1 aromatic carbocycles. The Morgan fingerprint density at radius 3 is 2.55 bits per heavy atom. The van der Waals surface area contributed by atoms with Gasteiger partial charge in [-0.3, -0.25) is 4.79 Å². The monoisotopic (exact) mass is 298 g/mol. The first-order chi connectivity index (χ1) is 9.51. The normalized spacial score (nSPS) is 11.8. The lowest BCUT2D eigenvalue weighted by atomic mass is 10.2. The molecule has 6 heteroatoms. The summed E-state index contributed by atoms with van der Waals surface area (Å²) in [5, 5.41) is 0.573. The summed E-state index contributed by atoms with van der Waals surface area (Å²) in [5.74, 6) is -1.18. The Hall–Kier alpha value is -1.59. The Balaban J connectivity index is 2.78. The lowest BCUT2D eigenvalue weighted by molar-refractivity contribution is -0.151. The minimum absolute atomic E-state index is 0.191. The van der Waals surface area contributed by atoms with E-state index in [0.29, 0.717) is 18.1 Å². The molecule has 5 nitrogen and oxygen atoms in total. The second-order valence-electron chi connectivity index (χ2n) is 4.17. The summed E-state index contributed by atoms with van der Waals surface area (Å²) in [5.41, 5.74) is 6.42. The van der Waals surface area contributed by atoms with E-state index < -0.39 is 17.9 Å². The molecule has 0 aliphatic heterocycles. The number of hydrogen-bond donors (Lipinski definition) is 1. The lowest BCUT2D eigenvalue weighted by Crippen LogP contribution is -2.48. The van der Waals surface area contributed by atoms with Crippen molar-refractivity contribution in [1.29, 1.82) is 0 Å². The molecule has 1 rings (SSSR count). The number of carbonyl (C=O) groups is 2. The van der Waals surface area contributed by atoms with Crippen molar-refractivity contribution in [2.24, 2.45) is 5.73 Å². The van der Waals surface area contributed by atoms with Crippen LogP contribution >= 0.6 is 11.6 Å². The van der Waals surface area contributed by atoms with Gasteiger partial charge in [0.1, 0.15) is 0 Å². The van der Waals surface area contributed by atoms with Crippen LogP contribution in [0.5, 0.6) is 0 Å². The standard InChI is InChI=1S/C14H19ClN2O3/c1-3-17(9-10-7-5-6-8-11(10)15)13(18)12(16)14(19)20-4-2/h5-8,12H,3-4,9,16H2,1-2H3. The van der Waals surface area contributed by atoms with Crippen LogP contribution in [0.3, 0.4) is 0 Å². The topological polar surface area (TPSA) is 72.6 Å². The van der Waals surface area contributed by atoms with E-state index >= 15 is 0 Å². The average Bonchev–Trinajstić information content (AvgIpc) is 2.45. The number of carbonyl (C=O) groups excluding carboxylic acids is 2. The summed E-state index contributed by atoms with van der Waals surface area (Å²) in [4.78, 5) is 25.1. The van der Waals surface area contributed by atoms with Crippen molar-refractivity contribution in [2.75, 3.05) is 13.2 Å². The van der Waals surface area contributed by atoms with E-state index in [9.17, 15) is 9.59 Å². The molecule has 1 atom stereocenters. The van der Waals surface area contributed by atoms with Crippen LogP contribution in [0.25, 0.3) is 0 Å². The summed E-state index contributed by atoms with van der Waals surface area (Å²) < 4.78 is 4.76. The first kappa shape index (κ1) is 16.5. The van der Waals surface area contributed by atoms with Gasteiger partial charge in [0.25, 0.3) is 5.91 Å². The quantitative estimate of drug-likeness (QED) is 0.639. The van der Waals surface area contributed by atoms with Gasteiger partial charge < -0.3 is 15.4 Å². The summed E-state index contributed by atoms with van der Waals surface area (Å²) in [7, 11) is 0.